The van der Waals surface area contributed by atoms with Crippen LogP contribution in [-0.2, 0) is 0 Å². The highest BCUT2D eigenvalue weighted by Crippen LogP contribution is 2.39. The molecule has 0 amide bonds. The highest BCUT2D eigenvalue weighted by Gasteiger charge is 2.28. The van der Waals surface area contributed by atoms with Crippen molar-refractivity contribution in [3.63, 3.8) is 0 Å². The third-order valence-corrected chi connectivity index (χ3v) is 3.24. The summed E-state index contributed by atoms with van der Waals surface area (Å²) in [6.45, 7) is 0. The molecule has 0 aliphatic heterocycles. The Morgan fingerprint density at radius 1 is 1.42 bits per heavy atom. The Balaban J connectivity index is 2.08. The van der Waals surface area contributed by atoms with E-state index < -0.39 is 5.97 Å². The number of hydrogen-bond donors (Lipinski definition) is 1. The number of carboxylic acid groups (broad SMARTS) is 1. The van der Waals surface area contributed by atoms with E-state index in [1.165, 1.54) is 4.68 Å². The van der Waals surface area contributed by atoms with Crippen LogP contribution in [-0.4, -0.2) is 28.0 Å². The summed E-state index contributed by atoms with van der Waals surface area (Å²) in [5.74, 6) is 0.129. The van der Waals surface area contributed by atoms with Gasteiger partial charge in [0.2, 0.25) is 0 Å². The zero-order chi connectivity index (χ0) is 13.4. The number of methoxy groups -OCH3 is 1. The molecule has 0 radical (unpaired) electrons. The van der Waals surface area contributed by atoms with Crippen LogP contribution in [0.2, 0.25) is 0 Å². The monoisotopic (exact) mass is 258 g/mol. The van der Waals surface area contributed by atoms with E-state index in [-0.39, 0.29) is 5.69 Å². The molecular formula is C14H14N2O3. The van der Waals surface area contributed by atoms with Gasteiger partial charge in [-0.05, 0) is 31.0 Å². The Labute approximate surface area is 110 Å². The van der Waals surface area contributed by atoms with E-state index in [2.05, 4.69) is 5.10 Å². The van der Waals surface area contributed by atoms with Gasteiger partial charge in [-0.25, -0.2) is 9.48 Å². The lowest BCUT2D eigenvalue weighted by Crippen LogP contribution is -2.07. The minimum atomic E-state index is -0.970. The quantitative estimate of drug-likeness (QED) is 0.914. The van der Waals surface area contributed by atoms with Crippen molar-refractivity contribution in [2.24, 2.45) is 0 Å². The Morgan fingerprint density at radius 3 is 2.84 bits per heavy atom. The van der Waals surface area contributed by atoms with Gasteiger partial charge in [0.05, 0.1) is 18.5 Å². The van der Waals surface area contributed by atoms with E-state index in [1.54, 1.807) is 19.2 Å². The standard InChI is InChI=1S/C14H14N2O3/c1-19-11-4-2-3-10(7-11)16-13(14(17)18)8-12(15-16)9-5-6-9/h2-4,7-9H,5-6H2,1H3,(H,17,18). The van der Waals surface area contributed by atoms with Gasteiger partial charge in [-0.2, -0.15) is 5.10 Å². The minimum absolute atomic E-state index is 0.190. The maximum Gasteiger partial charge on any atom is 0.354 e. The molecule has 0 spiro atoms. The molecule has 5 heteroatoms. The fraction of sp³-hybridized carbons (Fsp3) is 0.286. The van der Waals surface area contributed by atoms with Gasteiger partial charge >= 0.3 is 5.97 Å². The first-order chi connectivity index (χ1) is 9.19. The number of ether oxygens (including phenoxy) is 1. The molecule has 0 saturated heterocycles. The molecule has 2 aromatic rings. The van der Waals surface area contributed by atoms with Crippen LogP contribution >= 0.6 is 0 Å². The maximum atomic E-state index is 11.3. The first-order valence-corrected chi connectivity index (χ1v) is 6.16. The van der Waals surface area contributed by atoms with E-state index >= 15 is 0 Å². The van der Waals surface area contributed by atoms with E-state index in [9.17, 15) is 9.90 Å². The smallest absolute Gasteiger partial charge is 0.354 e. The summed E-state index contributed by atoms with van der Waals surface area (Å²) in [7, 11) is 1.58. The zero-order valence-corrected chi connectivity index (χ0v) is 10.5. The van der Waals surface area contributed by atoms with Crippen LogP contribution in [0.1, 0.15) is 34.9 Å². The summed E-state index contributed by atoms with van der Waals surface area (Å²) in [6.07, 6.45) is 2.18. The van der Waals surface area contributed by atoms with E-state index in [4.69, 9.17) is 4.74 Å². The minimum Gasteiger partial charge on any atom is -0.497 e. The molecule has 98 valence electrons. The topological polar surface area (TPSA) is 64.4 Å². The Hall–Kier alpha value is -2.30. The van der Waals surface area contributed by atoms with Gasteiger partial charge in [-0.15, -0.1) is 0 Å². The summed E-state index contributed by atoms with van der Waals surface area (Å²) < 4.78 is 6.63. The number of carbonyl (C=O) groups is 1. The third-order valence-electron chi connectivity index (χ3n) is 3.24. The maximum absolute atomic E-state index is 11.3. The summed E-state index contributed by atoms with van der Waals surface area (Å²) in [6, 6.07) is 8.89. The fourth-order valence-electron chi connectivity index (χ4n) is 2.07. The molecule has 19 heavy (non-hydrogen) atoms. The summed E-state index contributed by atoms with van der Waals surface area (Å²) in [4.78, 5) is 11.3. The van der Waals surface area contributed by atoms with E-state index in [1.807, 2.05) is 18.2 Å². The molecule has 1 fully saturated rings. The fourth-order valence-corrected chi connectivity index (χ4v) is 2.07. The second kappa shape index (κ2) is 4.42. The first-order valence-electron chi connectivity index (χ1n) is 6.16. The number of aromatic nitrogens is 2. The SMILES string of the molecule is COc1cccc(-n2nc(C3CC3)cc2C(=O)O)c1. The number of benzene rings is 1. The number of rotatable bonds is 4. The molecule has 1 aromatic heterocycles. The molecule has 1 aliphatic carbocycles. The molecular weight excluding hydrogens is 244 g/mol. The van der Waals surface area contributed by atoms with Crippen LogP contribution in [0.15, 0.2) is 30.3 Å². The Kier molecular flexibility index (Phi) is 2.74. The van der Waals surface area contributed by atoms with Gasteiger partial charge in [0.25, 0.3) is 0 Å². The molecule has 0 unspecified atom stereocenters. The first kappa shape index (κ1) is 11.8. The van der Waals surface area contributed by atoms with Gasteiger partial charge in [0.1, 0.15) is 5.75 Å². The van der Waals surface area contributed by atoms with Crippen LogP contribution in [0.25, 0.3) is 5.69 Å². The number of hydrogen-bond acceptors (Lipinski definition) is 3. The Morgan fingerprint density at radius 2 is 2.21 bits per heavy atom. The van der Waals surface area contributed by atoms with Gasteiger partial charge in [-0.3, -0.25) is 0 Å². The van der Waals surface area contributed by atoms with Crippen molar-refractivity contribution >= 4 is 5.97 Å². The molecule has 1 aromatic carbocycles. The number of nitrogens with zero attached hydrogens (tertiary/aromatic N) is 2. The van der Waals surface area contributed by atoms with Crippen molar-refractivity contribution in [2.75, 3.05) is 7.11 Å². The zero-order valence-electron chi connectivity index (χ0n) is 10.5. The highest BCUT2D eigenvalue weighted by atomic mass is 16.5. The summed E-state index contributed by atoms with van der Waals surface area (Å²) in [5.41, 5.74) is 1.75. The molecule has 0 bridgehead atoms. The average molecular weight is 258 g/mol. The van der Waals surface area contributed by atoms with Crippen LogP contribution < -0.4 is 4.74 Å². The normalized spacial score (nSPS) is 14.4. The average Bonchev–Trinajstić information content (AvgIpc) is 3.17. The van der Waals surface area contributed by atoms with Crippen molar-refractivity contribution in [1.29, 1.82) is 0 Å². The molecule has 1 saturated carbocycles. The largest absolute Gasteiger partial charge is 0.497 e. The number of aromatic carboxylic acids is 1. The van der Waals surface area contributed by atoms with Gasteiger partial charge in [-0.1, -0.05) is 6.07 Å². The van der Waals surface area contributed by atoms with Crippen molar-refractivity contribution in [3.05, 3.63) is 41.7 Å². The molecule has 1 heterocycles. The lowest BCUT2D eigenvalue weighted by Gasteiger charge is -2.06. The lowest BCUT2D eigenvalue weighted by atomic mass is 10.2. The predicted molar refractivity (Wildman–Crippen MR) is 69.1 cm³/mol. The molecule has 0 atom stereocenters. The van der Waals surface area contributed by atoms with Crippen molar-refractivity contribution < 1.29 is 14.6 Å². The molecule has 5 nitrogen and oxygen atoms in total. The van der Waals surface area contributed by atoms with Crippen molar-refractivity contribution in [1.82, 2.24) is 9.78 Å². The summed E-state index contributed by atoms with van der Waals surface area (Å²) in [5, 5.41) is 13.7. The van der Waals surface area contributed by atoms with Gasteiger partial charge in [0.15, 0.2) is 5.69 Å². The van der Waals surface area contributed by atoms with Crippen LogP contribution in [0.3, 0.4) is 0 Å². The highest BCUT2D eigenvalue weighted by molar-refractivity contribution is 5.86. The lowest BCUT2D eigenvalue weighted by molar-refractivity contribution is 0.0687. The van der Waals surface area contributed by atoms with Gasteiger partial charge in [0, 0.05) is 12.0 Å². The third kappa shape index (κ3) is 2.19. The Bertz CT molecular complexity index is 629. The van der Waals surface area contributed by atoms with Crippen LogP contribution in [0.4, 0.5) is 0 Å². The molecule has 1 N–H and O–H groups in total. The van der Waals surface area contributed by atoms with E-state index in [0.29, 0.717) is 17.4 Å². The second-order valence-electron chi connectivity index (χ2n) is 4.65. The van der Waals surface area contributed by atoms with Crippen molar-refractivity contribution in [3.8, 4) is 11.4 Å². The van der Waals surface area contributed by atoms with E-state index in [0.717, 1.165) is 18.5 Å². The molecule has 3 rings (SSSR count). The van der Waals surface area contributed by atoms with Crippen LogP contribution in [0, 0.1) is 0 Å². The second-order valence-corrected chi connectivity index (χ2v) is 4.65. The number of carboxylic acids is 1. The predicted octanol–water partition coefficient (Wildman–Crippen LogP) is 2.46. The van der Waals surface area contributed by atoms with Crippen LogP contribution in [0.5, 0.6) is 5.75 Å². The van der Waals surface area contributed by atoms with Gasteiger partial charge < -0.3 is 9.84 Å². The summed E-state index contributed by atoms with van der Waals surface area (Å²) >= 11 is 0. The van der Waals surface area contributed by atoms with Crippen molar-refractivity contribution in [2.45, 2.75) is 18.8 Å². The molecule has 1 aliphatic rings.